The quantitative estimate of drug-likeness (QED) is 0.797. The number of carbonyl (C=O) groups is 1. The van der Waals surface area contributed by atoms with Crippen molar-refractivity contribution in [3.63, 3.8) is 0 Å². The molecule has 2 rings (SSSR count). The highest BCUT2D eigenvalue weighted by Crippen LogP contribution is 2.18. The van der Waals surface area contributed by atoms with Crippen LogP contribution in [0.2, 0.25) is 0 Å². The van der Waals surface area contributed by atoms with E-state index in [-0.39, 0.29) is 30.3 Å². The van der Waals surface area contributed by atoms with Crippen LogP contribution < -0.4 is 10.3 Å². The predicted octanol–water partition coefficient (Wildman–Crippen LogP) is 2.42. The van der Waals surface area contributed by atoms with Crippen LogP contribution >= 0.6 is 15.9 Å². The fourth-order valence-electron chi connectivity index (χ4n) is 2.06. The Bertz CT molecular complexity index is 776. The summed E-state index contributed by atoms with van der Waals surface area (Å²) in [6.07, 6.45) is 1.56. The maximum atomic E-state index is 13.7. The molecule has 0 N–H and O–H groups in total. The number of hydrogen-bond acceptors (Lipinski definition) is 3. The molecule has 0 radical (unpaired) electrons. The summed E-state index contributed by atoms with van der Waals surface area (Å²) in [7, 11) is 3.00. The summed E-state index contributed by atoms with van der Waals surface area (Å²) in [6, 6.07) is 7.54. The van der Waals surface area contributed by atoms with Gasteiger partial charge in [-0.05, 0) is 39.7 Å². The molecular weight excluding hydrogens is 367 g/mol. The number of carbonyl (C=O) groups excluding carboxylic acids is 1. The van der Waals surface area contributed by atoms with Crippen molar-refractivity contribution in [3.8, 4) is 5.75 Å². The molecule has 0 spiro atoms. The first-order valence-corrected chi connectivity index (χ1v) is 7.62. The van der Waals surface area contributed by atoms with E-state index in [2.05, 4.69) is 15.9 Å². The third kappa shape index (κ3) is 4.41. The second kappa shape index (κ2) is 7.41. The Morgan fingerprint density at radius 2 is 2.09 bits per heavy atom. The van der Waals surface area contributed by atoms with Crippen LogP contribution in [0, 0.1) is 5.82 Å². The molecular formula is C16H16BrFN2O3. The number of aromatic nitrogens is 1. The molecule has 0 fully saturated rings. The van der Waals surface area contributed by atoms with Crippen molar-refractivity contribution in [1.82, 2.24) is 9.47 Å². The number of rotatable bonds is 5. The zero-order chi connectivity index (χ0) is 17.0. The van der Waals surface area contributed by atoms with Crippen molar-refractivity contribution in [1.29, 1.82) is 0 Å². The van der Waals surface area contributed by atoms with Gasteiger partial charge in [0.1, 0.15) is 6.54 Å². The van der Waals surface area contributed by atoms with Crippen LogP contribution in [0.5, 0.6) is 5.75 Å². The van der Waals surface area contributed by atoms with E-state index in [0.29, 0.717) is 10.0 Å². The molecule has 122 valence electrons. The van der Waals surface area contributed by atoms with Crippen LogP contribution in [-0.4, -0.2) is 29.5 Å². The Kier molecular flexibility index (Phi) is 5.54. The van der Waals surface area contributed by atoms with Gasteiger partial charge >= 0.3 is 0 Å². The molecule has 0 aliphatic carbocycles. The minimum atomic E-state index is -0.478. The minimum Gasteiger partial charge on any atom is -0.494 e. The molecule has 1 heterocycles. The normalized spacial score (nSPS) is 10.4. The molecule has 1 aromatic heterocycles. The molecule has 0 saturated carbocycles. The van der Waals surface area contributed by atoms with E-state index in [4.69, 9.17) is 4.74 Å². The van der Waals surface area contributed by atoms with Gasteiger partial charge < -0.3 is 14.2 Å². The Morgan fingerprint density at radius 1 is 1.35 bits per heavy atom. The average molecular weight is 383 g/mol. The van der Waals surface area contributed by atoms with Crippen molar-refractivity contribution >= 4 is 21.8 Å². The number of benzene rings is 1. The topological polar surface area (TPSA) is 51.5 Å². The third-order valence-corrected chi connectivity index (χ3v) is 3.78. The van der Waals surface area contributed by atoms with Gasteiger partial charge in [-0.15, -0.1) is 0 Å². The molecule has 5 nitrogen and oxygen atoms in total. The summed E-state index contributed by atoms with van der Waals surface area (Å²) in [4.78, 5) is 25.4. The number of methoxy groups -OCH3 is 1. The van der Waals surface area contributed by atoms with Crippen LogP contribution in [0.1, 0.15) is 5.56 Å². The van der Waals surface area contributed by atoms with E-state index in [1.54, 1.807) is 25.4 Å². The molecule has 2 aromatic rings. The van der Waals surface area contributed by atoms with Crippen LogP contribution in [0.3, 0.4) is 0 Å². The summed E-state index contributed by atoms with van der Waals surface area (Å²) in [5.74, 6) is -0.570. The van der Waals surface area contributed by atoms with Gasteiger partial charge in [-0.1, -0.05) is 6.07 Å². The molecule has 0 aliphatic rings. The van der Waals surface area contributed by atoms with E-state index in [1.807, 2.05) is 0 Å². The Labute approximate surface area is 141 Å². The highest BCUT2D eigenvalue weighted by atomic mass is 79.9. The number of pyridine rings is 1. The van der Waals surface area contributed by atoms with Gasteiger partial charge in [0.05, 0.1) is 7.11 Å². The predicted molar refractivity (Wildman–Crippen MR) is 87.8 cm³/mol. The fourth-order valence-corrected chi connectivity index (χ4v) is 2.44. The molecule has 0 saturated heterocycles. The van der Waals surface area contributed by atoms with Crippen LogP contribution in [0.4, 0.5) is 4.39 Å². The van der Waals surface area contributed by atoms with Gasteiger partial charge in [0, 0.05) is 30.3 Å². The molecule has 23 heavy (non-hydrogen) atoms. The van der Waals surface area contributed by atoms with E-state index in [9.17, 15) is 14.0 Å². The molecule has 1 aromatic carbocycles. The lowest BCUT2D eigenvalue weighted by molar-refractivity contribution is -0.131. The molecule has 0 aliphatic heterocycles. The van der Waals surface area contributed by atoms with Crippen molar-refractivity contribution in [2.75, 3.05) is 14.2 Å². The number of likely N-dealkylation sites (N-methyl/N-ethyl adjacent to an activating group) is 1. The fraction of sp³-hybridized carbons (Fsp3) is 0.250. The lowest BCUT2D eigenvalue weighted by atomic mass is 10.2. The summed E-state index contributed by atoms with van der Waals surface area (Å²) in [5.41, 5.74) is 0.381. The summed E-state index contributed by atoms with van der Waals surface area (Å²) in [6.45, 7) is 0.163. The maximum absolute atomic E-state index is 13.7. The lowest BCUT2D eigenvalue weighted by Gasteiger charge is -2.18. The summed E-state index contributed by atoms with van der Waals surface area (Å²) in [5, 5.41) is 0. The van der Waals surface area contributed by atoms with E-state index in [0.717, 1.165) is 0 Å². The molecule has 0 bridgehead atoms. The Hall–Kier alpha value is -2.15. The van der Waals surface area contributed by atoms with Crippen LogP contribution in [0.15, 0.2) is 45.8 Å². The van der Waals surface area contributed by atoms with Gasteiger partial charge in [0.15, 0.2) is 11.6 Å². The zero-order valence-corrected chi connectivity index (χ0v) is 14.3. The average Bonchev–Trinajstić information content (AvgIpc) is 2.51. The van der Waals surface area contributed by atoms with Gasteiger partial charge in [0.25, 0.3) is 5.56 Å². The number of amides is 1. The lowest BCUT2D eigenvalue weighted by Crippen LogP contribution is -2.33. The number of hydrogen-bond donors (Lipinski definition) is 0. The smallest absolute Gasteiger partial charge is 0.251 e. The SMILES string of the molecule is COc1ccc(CN(C)C(=O)Cn2cc(Br)ccc2=O)cc1F. The number of ether oxygens (including phenoxy) is 1. The first-order valence-electron chi connectivity index (χ1n) is 6.83. The second-order valence-corrected chi connectivity index (χ2v) is 5.95. The van der Waals surface area contributed by atoms with Crippen molar-refractivity contribution in [2.24, 2.45) is 0 Å². The zero-order valence-electron chi connectivity index (χ0n) is 12.8. The largest absolute Gasteiger partial charge is 0.494 e. The minimum absolute atomic E-state index is 0.0760. The second-order valence-electron chi connectivity index (χ2n) is 5.03. The van der Waals surface area contributed by atoms with Gasteiger partial charge in [0.2, 0.25) is 5.91 Å². The van der Waals surface area contributed by atoms with Gasteiger partial charge in [-0.2, -0.15) is 0 Å². The standard InChI is InChI=1S/C16H16BrFN2O3/c1-19(8-11-3-5-14(23-2)13(18)7-11)16(22)10-20-9-12(17)4-6-15(20)21/h3-7,9H,8,10H2,1-2H3. The van der Waals surface area contributed by atoms with Crippen LogP contribution in [0.25, 0.3) is 0 Å². The Balaban J connectivity index is 2.06. The number of nitrogens with zero attached hydrogens (tertiary/aromatic N) is 2. The van der Waals surface area contributed by atoms with Gasteiger partial charge in [-0.3, -0.25) is 9.59 Å². The summed E-state index contributed by atoms with van der Waals surface area (Å²) < 4.78 is 20.6. The van der Waals surface area contributed by atoms with Crippen molar-refractivity contribution in [3.05, 3.63) is 62.7 Å². The van der Waals surface area contributed by atoms with Crippen molar-refractivity contribution < 1.29 is 13.9 Å². The highest BCUT2D eigenvalue weighted by molar-refractivity contribution is 9.10. The monoisotopic (exact) mass is 382 g/mol. The van der Waals surface area contributed by atoms with Gasteiger partial charge in [-0.25, -0.2) is 4.39 Å². The maximum Gasteiger partial charge on any atom is 0.251 e. The third-order valence-electron chi connectivity index (χ3n) is 3.31. The van der Waals surface area contributed by atoms with Crippen LogP contribution in [-0.2, 0) is 17.9 Å². The number of halogens is 2. The van der Waals surface area contributed by atoms with E-state index in [1.165, 1.54) is 34.8 Å². The molecule has 7 heteroatoms. The molecule has 1 amide bonds. The Morgan fingerprint density at radius 3 is 2.74 bits per heavy atom. The highest BCUT2D eigenvalue weighted by Gasteiger charge is 2.12. The molecule has 0 unspecified atom stereocenters. The molecule has 0 atom stereocenters. The summed E-state index contributed by atoms with van der Waals surface area (Å²) >= 11 is 3.26. The van der Waals surface area contributed by atoms with Crippen molar-refractivity contribution in [2.45, 2.75) is 13.1 Å². The van der Waals surface area contributed by atoms with E-state index >= 15 is 0 Å². The first kappa shape index (κ1) is 17.2. The van der Waals surface area contributed by atoms with E-state index < -0.39 is 5.82 Å². The first-order chi connectivity index (χ1) is 10.9.